The van der Waals surface area contributed by atoms with Crippen molar-refractivity contribution < 1.29 is 9.53 Å². The first-order chi connectivity index (χ1) is 8.36. The van der Waals surface area contributed by atoms with Crippen LogP contribution in [0.4, 0.5) is 0 Å². The third-order valence-corrected chi connectivity index (χ3v) is 2.95. The molecule has 0 bridgehead atoms. The van der Waals surface area contributed by atoms with Crippen molar-refractivity contribution in [3.05, 3.63) is 35.4 Å². The summed E-state index contributed by atoms with van der Waals surface area (Å²) in [5.74, 6) is 0.0399. The first-order valence-electron chi connectivity index (χ1n) is 6.23. The first-order valence-corrected chi connectivity index (χ1v) is 6.23. The van der Waals surface area contributed by atoms with Crippen LogP contribution in [0.1, 0.15) is 38.0 Å². The van der Waals surface area contributed by atoms with Gasteiger partial charge in [-0.15, -0.1) is 0 Å². The molecule has 100 valence electrons. The van der Waals surface area contributed by atoms with E-state index in [-0.39, 0.29) is 17.4 Å². The number of carbonyl (C=O) groups is 1. The molecule has 1 amide bonds. The molecule has 0 spiro atoms. The number of aryl methyl sites for hydroxylation is 1. The molecule has 0 radical (unpaired) electrons. The van der Waals surface area contributed by atoms with E-state index in [0.29, 0.717) is 6.54 Å². The second-order valence-electron chi connectivity index (χ2n) is 5.54. The Labute approximate surface area is 110 Å². The Morgan fingerprint density at radius 1 is 1.33 bits per heavy atom. The van der Waals surface area contributed by atoms with Gasteiger partial charge >= 0.3 is 0 Å². The maximum atomic E-state index is 11.8. The van der Waals surface area contributed by atoms with E-state index in [9.17, 15) is 4.79 Å². The highest BCUT2D eigenvalue weighted by molar-refractivity contribution is 5.81. The van der Waals surface area contributed by atoms with Gasteiger partial charge in [0.2, 0.25) is 5.91 Å². The topological polar surface area (TPSA) is 38.3 Å². The van der Waals surface area contributed by atoms with Gasteiger partial charge in [0.25, 0.3) is 0 Å². The molecule has 18 heavy (non-hydrogen) atoms. The lowest BCUT2D eigenvalue weighted by atomic mass is 9.95. The number of hydrogen-bond acceptors (Lipinski definition) is 2. The number of methoxy groups -OCH3 is 1. The Kier molecular flexibility index (Phi) is 4.91. The van der Waals surface area contributed by atoms with Crippen LogP contribution in [-0.4, -0.2) is 19.6 Å². The molecule has 0 fully saturated rings. The minimum Gasteiger partial charge on any atom is -0.375 e. The number of hydrogen-bond donors (Lipinski definition) is 1. The normalized spacial score (nSPS) is 13.2. The summed E-state index contributed by atoms with van der Waals surface area (Å²) in [4.78, 5) is 11.8. The smallest absolute Gasteiger partial charge is 0.225 e. The summed E-state index contributed by atoms with van der Waals surface area (Å²) >= 11 is 0. The van der Waals surface area contributed by atoms with Crippen molar-refractivity contribution in [2.75, 3.05) is 13.7 Å². The zero-order valence-electron chi connectivity index (χ0n) is 11.9. The standard InChI is InChI=1S/C15H23NO2/c1-11-8-6-7-9-12(11)13(18-5)10-16-14(17)15(2,3)4/h6-9,13H,10H2,1-5H3,(H,16,17)/t13-/m1/s1. The zero-order valence-corrected chi connectivity index (χ0v) is 11.9. The van der Waals surface area contributed by atoms with E-state index in [4.69, 9.17) is 4.74 Å². The lowest BCUT2D eigenvalue weighted by Crippen LogP contribution is -2.37. The Morgan fingerprint density at radius 2 is 1.94 bits per heavy atom. The largest absolute Gasteiger partial charge is 0.375 e. The summed E-state index contributed by atoms with van der Waals surface area (Å²) in [5.41, 5.74) is 1.92. The molecule has 1 rings (SSSR count). The second-order valence-corrected chi connectivity index (χ2v) is 5.54. The van der Waals surface area contributed by atoms with Crippen LogP contribution < -0.4 is 5.32 Å². The predicted octanol–water partition coefficient (Wildman–Crippen LogP) is 2.84. The third kappa shape index (κ3) is 3.84. The van der Waals surface area contributed by atoms with Gasteiger partial charge in [-0.05, 0) is 18.1 Å². The lowest BCUT2D eigenvalue weighted by Gasteiger charge is -2.22. The first kappa shape index (κ1) is 14.7. The van der Waals surface area contributed by atoms with E-state index < -0.39 is 0 Å². The summed E-state index contributed by atoms with van der Waals surface area (Å²) in [6.45, 7) is 8.25. The summed E-state index contributed by atoms with van der Waals surface area (Å²) in [6, 6.07) is 8.07. The van der Waals surface area contributed by atoms with Gasteiger partial charge in [-0.25, -0.2) is 0 Å². The van der Waals surface area contributed by atoms with Crippen LogP contribution in [0.25, 0.3) is 0 Å². The summed E-state index contributed by atoms with van der Waals surface area (Å²) in [6.07, 6.45) is -0.0995. The average molecular weight is 249 g/mol. The van der Waals surface area contributed by atoms with Crippen LogP contribution in [-0.2, 0) is 9.53 Å². The van der Waals surface area contributed by atoms with Gasteiger partial charge in [0.05, 0.1) is 6.10 Å². The highest BCUT2D eigenvalue weighted by atomic mass is 16.5. The monoisotopic (exact) mass is 249 g/mol. The molecule has 0 aliphatic carbocycles. The molecule has 0 unspecified atom stereocenters. The van der Waals surface area contributed by atoms with E-state index >= 15 is 0 Å². The van der Waals surface area contributed by atoms with E-state index in [1.54, 1.807) is 7.11 Å². The van der Waals surface area contributed by atoms with E-state index in [1.807, 2.05) is 52.0 Å². The second kappa shape index (κ2) is 6.01. The van der Waals surface area contributed by atoms with Crippen LogP contribution in [0.5, 0.6) is 0 Å². The molecule has 1 N–H and O–H groups in total. The van der Waals surface area contributed by atoms with Crippen molar-refractivity contribution in [2.24, 2.45) is 5.41 Å². The van der Waals surface area contributed by atoms with Gasteiger partial charge in [-0.3, -0.25) is 4.79 Å². The van der Waals surface area contributed by atoms with Gasteiger partial charge in [0.15, 0.2) is 0 Å². The number of amides is 1. The number of ether oxygens (including phenoxy) is 1. The van der Waals surface area contributed by atoms with E-state index in [0.717, 1.165) is 5.56 Å². The minimum atomic E-state index is -0.371. The Morgan fingerprint density at radius 3 is 2.44 bits per heavy atom. The van der Waals surface area contributed by atoms with Crippen molar-refractivity contribution >= 4 is 5.91 Å². The number of benzene rings is 1. The van der Waals surface area contributed by atoms with Crippen molar-refractivity contribution in [1.29, 1.82) is 0 Å². The van der Waals surface area contributed by atoms with Crippen molar-refractivity contribution in [3.8, 4) is 0 Å². The van der Waals surface area contributed by atoms with Crippen LogP contribution in [0.15, 0.2) is 24.3 Å². The number of carbonyl (C=O) groups excluding carboxylic acids is 1. The predicted molar refractivity (Wildman–Crippen MR) is 73.4 cm³/mol. The van der Waals surface area contributed by atoms with Gasteiger partial charge in [0.1, 0.15) is 0 Å². The van der Waals surface area contributed by atoms with Gasteiger partial charge in [-0.2, -0.15) is 0 Å². The third-order valence-electron chi connectivity index (χ3n) is 2.95. The van der Waals surface area contributed by atoms with Gasteiger partial charge in [-0.1, -0.05) is 45.0 Å². The molecular weight excluding hydrogens is 226 g/mol. The van der Waals surface area contributed by atoms with Crippen LogP contribution in [0.2, 0.25) is 0 Å². The average Bonchev–Trinajstić information content (AvgIpc) is 2.30. The summed E-state index contributed by atoms with van der Waals surface area (Å²) in [7, 11) is 1.67. The molecule has 0 saturated carbocycles. The Balaban J connectivity index is 2.70. The summed E-state index contributed by atoms with van der Waals surface area (Å²) < 4.78 is 5.47. The van der Waals surface area contributed by atoms with Crippen molar-refractivity contribution in [3.63, 3.8) is 0 Å². The van der Waals surface area contributed by atoms with Crippen LogP contribution >= 0.6 is 0 Å². The Hall–Kier alpha value is -1.35. The van der Waals surface area contributed by atoms with Crippen LogP contribution in [0, 0.1) is 12.3 Å². The summed E-state index contributed by atoms with van der Waals surface area (Å²) in [5, 5.41) is 2.94. The molecule has 0 saturated heterocycles. The minimum absolute atomic E-state index is 0.0399. The molecule has 1 aromatic rings. The number of nitrogens with one attached hydrogen (secondary N) is 1. The maximum Gasteiger partial charge on any atom is 0.225 e. The molecular formula is C15H23NO2. The number of rotatable bonds is 4. The highest BCUT2D eigenvalue weighted by Gasteiger charge is 2.22. The molecule has 0 aliphatic heterocycles. The van der Waals surface area contributed by atoms with E-state index in [1.165, 1.54) is 5.56 Å². The fourth-order valence-electron chi connectivity index (χ4n) is 1.72. The van der Waals surface area contributed by atoms with E-state index in [2.05, 4.69) is 5.32 Å². The SMILES string of the molecule is CO[C@H](CNC(=O)C(C)(C)C)c1ccccc1C. The molecule has 0 aliphatic rings. The fourth-order valence-corrected chi connectivity index (χ4v) is 1.72. The fraction of sp³-hybridized carbons (Fsp3) is 0.533. The van der Waals surface area contributed by atoms with Gasteiger partial charge in [0, 0.05) is 19.1 Å². The quantitative estimate of drug-likeness (QED) is 0.891. The molecule has 3 heteroatoms. The van der Waals surface area contributed by atoms with Gasteiger partial charge < -0.3 is 10.1 Å². The molecule has 0 heterocycles. The molecule has 0 aromatic heterocycles. The maximum absolute atomic E-state index is 11.8. The van der Waals surface area contributed by atoms with Crippen molar-refractivity contribution in [2.45, 2.75) is 33.8 Å². The molecule has 1 atom stereocenters. The molecule has 1 aromatic carbocycles. The molecule has 3 nitrogen and oxygen atoms in total. The highest BCUT2D eigenvalue weighted by Crippen LogP contribution is 2.20. The lowest BCUT2D eigenvalue weighted by molar-refractivity contribution is -0.129. The Bertz CT molecular complexity index is 407. The van der Waals surface area contributed by atoms with Crippen molar-refractivity contribution in [1.82, 2.24) is 5.32 Å². The zero-order chi connectivity index (χ0) is 13.8. The van der Waals surface area contributed by atoms with Crippen LogP contribution in [0.3, 0.4) is 0 Å².